The van der Waals surface area contributed by atoms with Gasteiger partial charge in [-0.25, -0.2) is 4.98 Å². The van der Waals surface area contributed by atoms with E-state index in [4.69, 9.17) is 0 Å². The summed E-state index contributed by atoms with van der Waals surface area (Å²) in [7, 11) is 2.13. The van der Waals surface area contributed by atoms with Crippen molar-refractivity contribution in [2.45, 2.75) is 44.8 Å². The molecule has 126 valence electrons. The number of likely N-dealkylation sites (N-methyl/N-ethyl adjacent to an activating group) is 1. The van der Waals surface area contributed by atoms with Crippen LogP contribution in [0.4, 0.5) is 0 Å². The minimum absolute atomic E-state index is 0.0763. The number of rotatable bonds is 5. The van der Waals surface area contributed by atoms with E-state index in [-0.39, 0.29) is 11.9 Å². The topological polar surface area (TPSA) is 48.5 Å². The maximum absolute atomic E-state index is 12.4. The lowest BCUT2D eigenvalue weighted by Crippen LogP contribution is -2.46. The fraction of sp³-hybridized carbons (Fsp3) is 0.765. The first-order valence-corrected chi connectivity index (χ1v) is 9.61. The highest BCUT2D eigenvalue weighted by Gasteiger charge is 2.47. The lowest BCUT2D eigenvalue weighted by Gasteiger charge is -2.25. The van der Waals surface area contributed by atoms with Gasteiger partial charge >= 0.3 is 0 Å². The summed E-state index contributed by atoms with van der Waals surface area (Å²) < 4.78 is 0. The summed E-state index contributed by atoms with van der Waals surface area (Å²) in [6, 6.07) is 0.596. The third kappa shape index (κ3) is 3.30. The molecular weight excluding hydrogens is 308 g/mol. The van der Waals surface area contributed by atoms with Gasteiger partial charge in [0.05, 0.1) is 16.7 Å². The van der Waals surface area contributed by atoms with Gasteiger partial charge in [0.1, 0.15) is 0 Å². The van der Waals surface area contributed by atoms with Gasteiger partial charge in [0.15, 0.2) is 0 Å². The van der Waals surface area contributed by atoms with Crippen molar-refractivity contribution in [1.29, 1.82) is 0 Å². The zero-order valence-corrected chi connectivity index (χ0v) is 14.8. The Kier molecular flexibility index (Phi) is 4.15. The molecule has 3 aliphatic rings. The third-order valence-corrected chi connectivity index (χ3v) is 6.46. The van der Waals surface area contributed by atoms with Crippen LogP contribution in [0.5, 0.6) is 0 Å². The quantitative estimate of drug-likeness (QED) is 0.886. The number of thiazole rings is 1. The largest absolute Gasteiger partial charge is 0.354 e. The highest BCUT2D eigenvalue weighted by Crippen LogP contribution is 2.35. The minimum Gasteiger partial charge on any atom is -0.354 e. The second-order valence-electron chi connectivity index (χ2n) is 7.48. The Hall–Kier alpha value is -0.980. The number of aryl methyl sites for hydroxylation is 1. The molecule has 1 N–H and O–H groups in total. The summed E-state index contributed by atoms with van der Waals surface area (Å²) in [6.07, 6.45) is 3.58. The first-order valence-electron chi connectivity index (χ1n) is 8.73. The fourth-order valence-corrected chi connectivity index (χ4v) is 4.74. The number of nitrogens with zero attached hydrogens (tertiary/aromatic N) is 3. The highest BCUT2D eigenvalue weighted by molar-refractivity contribution is 7.09. The summed E-state index contributed by atoms with van der Waals surface area (Å²) >= 11 is 1.73. The molecule has 1 aliphatic carbocycles. The summed E-state index contributed by atoms with van der Waals surface area (Å²) in [5.74, 6) is 1.62. The van der Waals surface area contributed by atoms with Crippen molar-refractivity contribution in [2.75, 3.05) is 26.7 Å². The lowest BCUT2D eigenvalue weighted by molar-refractivity contribution is -0.125. The molecule has 2 aliphatic heterocycles. The molecule has 0 bridgehead atoms. The number of likely N-dealkylation sites (tertiary alicyclic amines) is 2. The van der Waals surface area contributed by atoms with Gasteiger partial charge < -0.3 is 5.32 Å². The zero-order valence-electron chi connectivity index (χ0n) is 14.0. The summed E-state index contributed by atoms with van der Waals surface area (Å²) in [5, 5.41) is 6.47. The summed E-state index contributed by atoms with van der Waals surface area (Å²) in [5.41, 5.74) is 1.19. The van der Waals surface area contributed by atoms with E-state index in [0.717, 1.165) is 43.5 Å². The highest BCUT2D eigenvalue weighted by atomic mass is 32.1. The van der Waals surface area contributed by atoms with Gasteiger partial charge in [-0.2, -0.15) is 0 Å². The predicted molar refractivity (Wildman–Crippen MR) is 91.3 cm³/mol. The standard InChI is InChI=1S/C17H26N4OS/c1-11-19-14(10-23-11)8-21-7-13-5-15(20(2)16(13)9-21)17(22)18-6-12-3-4-12/h10,12-13,15-16H,3-9H2,1-2H3,(H,18,22)/t13-,15-,16+/m1/s1. The molecule has 1 aromatic heterocycles. The van der Waals surface area contributed by atoms with Crippen molar-refractivity contribution in [2.24, 2.45) is 11.8 Å². The van der Waals surface area contributed by atoms with Crippen LogP contribution in [0, 0.1) is 18.8 Å². The van der Waals surface area contributed by atoms with Crippen LogP contribution in [0.2, 0.25) is 0 Å². The summed E-state index contributed by atoms with van der Waals surface area (Å²) in [4.78, 5) is 21.8. The van der Waals surface area contributed by atoms with E-state index < -0.39 is 0 Å². The van der Waals surface area contributed by atoms with E-state index >= 15 is 0 Å². The lowest BCUT2D eigenvalue weighted by atomic mass is 10.0. The predicted octanol–water partition coefficient (Wildman–Crippen LogP) is 1.48. The Morgan fingerprint density at radius 3 is 2.91 bits per heavy atom. The molecule has 3 fully saturated rings. The van der Waals surface area contributed by atoms with Gasteiger partial charge in [-0.15, -0.1) is 11.3 Å². The molecule has 6 heteroatoms. The average molecular weight is 334 g/mol. The van der Waals surface area contributed by atoms with Gasteiger partial charge in [-0.3, -0.25) is 14.6 Å². The SMILES string of the molecule is Cc1nc(CN2C[C@H]3C[C@H](C(=O)NCC4CC4)N(C)[C@H]3C2)cs1. The number of carbonyl (C=O) groups is 1. The number of aromatic nitrogens is 1. The fourth-order valence-electron chi connectivity index (χ4n) is 4.13. The second-order valence-corrected chi connectivity index (χ2v) is 8.55. The van der Waals surface area contributed by atoms with E-state index in [1.807, 2.05) is 0 Å². The Balaban J connectivity index is 1.31. The van der Waals surface area contributed by atoms with Crippen molar-refractivity contribution in [1.82, 2.24) is 20.1 Å². The van der Waals surface area contributed by atoms with Crippen molar-refractivity contribution >= 4 is 17.2 Å². The van der Waals surface area contributed by atoms with Crippen LogP contribution in [0.15, 0.2) is 5.38 Å². The Morgan fingerprint density at radius 2 is 2.26 bits per heavy atom. The molecule has 5 nitrogen and oxygen atoms in total. The zero-order chi connectivity index (χ0) is 16.0. The number of amides is 1. The first-order chi connectivity index (χ1) is 11.1. The molecule has 0 aromatic carbocycles. The van der Waals surface area contributed by atoms with Crippen molar-refractivity contribution in [3.8, 4) is 0 Å². The maximum Gasteiger partial charge on any atom is 0.237 e. The number of fused-ring (bicyclic) bond motifs is 1. The van der Waals surface area contributed by atoms with Crippen LogP contribution in [0.25, 0.3) is 0 Å². The van der Waals surface area contributed by atoms with E-state index in [9.17, 15) is 4.79 Å². The van der Waals surface area contributed by atoms with Gasteiger partial charge in [0.25, 0.3) is 0 Å². The number of carbonyl (C=O) groups excluding carboxylic acids is 1. The van der Waals surface area contributed by atoms with Gasteiger partial charge in [0, 0.05) is 37.6 Å². The van der Waals surface area contributed by atoms with Gasteiger partial charge in [0.2, 0.25) is 5.91 Å². The second kappa shape index (κ2) is 6.15. The van der Waals surface area contributed by atoms with Crippen LogP contribution in [-0.4, -0.2) is 59.5 Å². The van der Waals surface area contributed by atoms with E-state index in [2.05, 4.69) is 39.5 Å². The molecule has 0 radical (unpaired) electrons. The number of hydrogen-bond donors (Lipinski definition) is 1. The van der Waals surface area contributed by atoms with E-state index in [1.54, 1.807) is 11.3 Å². The number of hydrogen-bond acceptors (Lipinski definition) is 5. The van der Waals surface area contributed by atoms with Crippen LogP contribution in [0.3, 0.4) is 0 Å². The Labute approximate surface area is 142 Å². The smallest absolute Gasteiger partial charge is 0.237 e. The molecule has 4 rings (SSSR count). The van der Waals surface area contributed by atoms with Gasteiger partial charge in [-0.05, 0) is 45.1 Å². The van der Waals surface area contributed by atoms with Gasteiger partial charge in [-0.1, -0.05) is 0 Å². The number of nitrogens with one attached hydrogen (secondary N) is 1. The van der Waals surface area contributed by atoms with Crippen LogP contribution in [0.1, 0.15) is 30.0 Å². The Morgan fingerprint density at radius 1 is 1.43 bits per heavy atom. The maximum atomic E-state index is 12.4. The molecule has 1 amide bonds. The van der Waals surface area contributed by atoms with Crippen LogP contribution in [-0.2, 0) is 11.3 Å². The third-order valence-electron chi connectivity index (χ3n) is 5.64. The monoisotopic (exact) mass is 334 g/mol. The van der Waals surface area contributed by atoms with Crippen molar-refractivity contribution in [3.63, 3.8) is 0 Å². The van der Waals surface area contributed by atoms with Crippen molar-refractivity contribution < 1.29 is 4.79 Å². The van der Waals surface area contributed by atoms with Crippen LogP contribution < -0.4 is 5.32 Å². The van der Waals surface area contributed by atoms with E-state index in [1.165, 1.54) is 18.5 Å². The summed E-state index contributed by atoms with van der Waals surface area (Å²) in [6.45, 7) is 6.05. The molecule has 3 atom stereocenters. The molecule has 2 saturated heterocycles. The normalized spacial score (nSPS) is 31.5. The molecule has 1 aromatic rings. The van der Waals surface area contributed by atoms with Crippen molar-refractivity contribution in [3.05, 3.63) is 16.1 Å². The molecular formula is C17H26N4OS. The van der Waals surface area contributed by atoms with Crippen LogP contribution >= 0.6 is 11.3 Å². The molecule has 0 unspecified atom stereocenters. The Bertz CT molecular complexity index is 585. The average Bonchev–Trinajstić information content (AvgIpc) is 3.02. The molecule has 1 saturated carbocycles. The first kappa shape index (κ1) is 15.5. The molecule has 23 heavy (non-hydrogen) atoms. The van der Waals surface area contributed by atoms with E-state index in [0.29, 0.717) is 12.0 Å². The minimum atomic E-state index is 0.0763. The molecule has 3 heterocycles. The molecule has 0 spiro atoms.